The number of hydrogen-bond donors (Lipinski definition) is 2. The SMILES string of the molecule is COc1cc(CNCCNc2ccc([N+](=O)[O-])cc2Cl)cc(Br)c1OCc1ccc(Cl)cc1.Cl. The van der Waals surface area contributed by atoms with Crippen molar-refractivity contribution in [2.45, 2.75) is 13.2 Å². The van der Waals surface area contributed by atoms with E-state index in [9.17, 15) is 10.1 Å². The number of nitrogens with one attached hydrogen (secondary N) is 2. The summed E-state index contributed by atoms with van der Waals surface area (Å²) >= 11 is 15.6. The molecule has 3 rings (SSSR count). The monoisotopic (exact) mass is 589 g/mol. The first-order chi connectivity index (χ1) is 15.9. The van der Waals surface area contributed by atoms with Gasteiger partial charge in [0.25, 0.3) is 5.69 Å². The first kappa shape index (κ1) is 28.0. The largest absolute Gasteiger partial charge is 0.493 e. The van der Waals surface area contributed by atoms with Crippen molar-refractivity contribution < 1.29 is 14.4 Å². The molecule has 7 nitrogen and oxygen atoms in total. The molecule has 11 heteroatoms. The molecule has 0 heterocycles. The fraction of sp³-hybridized carbons (Fsp3) is 0.217. The van der Waals surface area contributed by atoms with Crippen molar-refractivity contribution in [2.75, 3.05) is 25.5 Å². The number of non-ortho nitro benzene ring substituents is 1. The highest BCUT2D eigenvalue weighted by Gasteiger charge is 2.12. The second-order valence-corrected chi connectivity index (χ2v) is 8.75. The van der Waals surface area contributed by atoms with E-state index < -0.39 is 4.92 Å². The van der Waals surface area contributed by atoms with Crippen LogP contribution in [-0.4, -0.2) is 25.1 Å². The van der Waals surface area contributed by atoms with Crippen molar-refractivity contribution in [3.63, 3.8) is 0 Å². The lowest BCUT2D eigenvalue weighted by molar-refractivity contribution is -0.384. The number of hydrogen-bond acceptors (Lipinski definition) is 6. The summed E-state index contributed by atoms with van der Waals surface area (Å²) in [5.41, 5.74) is 2.63. The quantitative estimate of drug-likeness (QED) is 0.144. The minimum absolute atomic E-state index is 0. The Labute approximate surface area is 222 Å². The molecule has 182 valence electrons. The molecule has 0 aliphatic carbocycles. The zero-order valence-electron chi connectivity index (χ0n) is 18.1. The molecular formula is C23H23BrCl3N3O4. The molecule has 3 aromatic carbocycles. The zero-order chi connectivity index (χ0) is 23.8. The smallest absolute Gasteiger partial charge is 0.271 e. The first-order valence-electron chi connectivity index (χ1n) is 9.99. The third kappa shape index (κ3) is 7.92. The van der Waals surface area contributed by atoms with E-state index in [1.54, 1.807) is 13.2 Å². The number of nitrogens with zero attached hydrogens (tertiary/aromatic N) is 1. The maximum atomic E-state index is 10.8. The van der Waals surface area contributed by atoms with Crippen molar-refractivity contribution in [2.24, 2.45) is 0 Å². The van der Waals surface area contributed by atoms with Crippen molar-refractivity contribution in [3.8, 4) is 11.5 Å². The van der Waals surface area contributed by atoms with E-state index in [2.05, 4.69) is 26.6 Å². The van der Waals surface area contributed by atoms with Gasteiger partial charge in [-0.05, 0) is 57.4 Å². The Bertz CT molecular complexity index is 1120. The number of halogens is 4. The van der Waals surface area contributed by atoms with E-state index in [1.165, 1.54) is 12.1 Å². The standard InChI is InChI=1S/C23H22BrCl2N3O4.ClH/c1-32-22-11-16(10-19(24)23(22)33-14-15-2-4-17(25)5-3-15)13-27-8-9-28-21-7-6-18(29(30)31)12-20(21)26;/h2-7,10-12,27-28H,8-9,13-14H2,1H3;1H. The number of nitro benzene ring substituents is 1. The summed E-state index contributed by atoms with van der Waals surface area (Å²) in [5.74, 6) is 1.26. The second kappa shape index (κ2) is 13.6. The summed E-state index contributed by atoms with van der Waals surface area (Å²) in [5, 5.41) is 18.3. The Morgan fingerprint density at radius 3 is 2.41 bits per heavy atom. The van der Waals surface area contributed by atoms with Crippen LogP contribution in [0.25, 0.3) is 0 Å². The van der Waals surface area contributed by atoms with Gasteiger partial charge in [-0.25, -0.2) is 0 Å². The van der Waals surface area contributed by atoms with E-state index in [1.807, 2.05) is 36.4 Å². The van der Waals surface area contributed by atoms with Crippen LogP contribution in [0, 0.1) is 10.1 Å². The fourth-order valence-corrected chi connectivity index (χ4v) is 4.00. The summed E-state index contributed by atoms with van der Waals surface area (Å²) in [6.07, 6.45) is 0. The van der Waals surface area contributed by atoms with Crippen LogP contribution in [0.2, 0.25) is 10.0 Å². The van der Waals surface area contributed by atoms with Gasteiger partial charge in [-0.1, -0.05) is 35.3 Å². The lowest BCUT2D eigenvalue weighted by Gasteiger charge is -2.15. The maximum Gasteiger partial charge on any atom is 0.271 e. The fourth-order valence-electron chi connectivity index (χ4n) is 3.03. The van der Waals surface area contributed by atoms with Gasteiger partial charge in [-0.3, -0.25) is 10.1 Å². The van der Waals surface area contributed by atoms with Gasteiger partial charge in [-0.2, -0.15) is 0 Å². The number of methoxy groups -OCH3 is 1. The molecule has 0 aliphatic heterocycles. The van der Waals surface area contributed by atoms with Crippen LogP contribution in [0.1, 0.15) is 11.1 Å². The Morgan fingerprint density at radius 1 is 1.03 bits per heavy atom. The van der Waals surface area contributed by atoms with Crippen LogP contribution in [-0.2, 0) is 13.2 Å². The first-order valence-corrected chi connectivity index (χ1v) is 11.5. The maximum absolute atomic E-state index is 10.8. The van der Waals surface area contributed by atoms with E-state index in [0.29, 0.717) is 53.5 Å². The van der Waals surface area contributed by atoms with E-state index in [4.69, 9.17) is 32.7 Å². The number of benzene rings is 3. The lowest BCUT2D eigenvalue weighted by Crippen LogP contribution is -2.22. The highest BCUT2D eigenvalue weighted by molar-refractivity contribution is 9.10. The minimum Gasteiger partial charge on any atom is -0.493 e. The summed E-state index contributed by atoms with van der Waals surface area (Å²) in [6.45, 7) is 2.25. The van der Waals surface area contributed by atoms with Crippen LogP contribution < -0.4 is 20.1 Å². The molecule has 34 heavy (non-hydrogen) atoms. The average Bonchev–Trinajstić information content (AvgIpc) is 2.79. The molecule has 0 saturated heterocycles. The number of ether oxygens (including phenoxy) is 2. The number of nitro groups is 1. The summed E-state index contributed by atoms with van der Waals surface area (Å²) in [6, 6.07) is 15.7. The number of anilines is 1. The van der Waals surface area contributed by atoms with E-state index >= 15 is 0 Å². The Balaban J connectivity index is 0.00000408. The van der Waals surface area contributed by atoms with Gasteiger partial charge >= 0.3 is 0 Å². The van der Waals surface area contributed by atoms with Gasteiger partial charge in [-0.15, -0.1) is 12.4 Å². The molecule has 0 radical (unpaired) electrons. The third-order valence-corrected chi connectivity index (χ3v) is 5.85. The average molecular weight is 592 g/mol. The predicted molar refractivity (Wildman–Crippen MR) is 142 cm³/mol. The molecule has 0 unspecified atom stereocenters. The molecule has 0 bridgehead atoms. The molecule has 0 spiro atoms. The predicted octanol–water partition coefficient (Wildman–Crippen LogP) is 6.88. The second-order valence-electron chi connectivity index (χ2n) is 7.05. The summed E-state index contributed by atoms with van der Waals surface area (Å²) in [7, 11) is 1.60. The summed E-state index contributed by atoms with van der Waals surface area (Å²) in [4.78, 5) is 10.3. The highest BCUT2D eigenvalue weighted by Crippen LogP contribution is 2.37. The highest BCUT2D eigenvalue weighted by atomic mass is 79.9. The lowest BCUT2D eigenvalue weighted by atomic mass is 10.2. The van der Waals surface area contributed by atoms with Gasteiger partial charge in [0.1, 0.15) is 6.61 Å². The molecule has 2 N–H and O–H groups in total. The van der Waals surface area contributed by atoms with Crippen molar-refractivity contribution in [1.29, 1.82) is 0 Å². The normalized spacial score (nSPS) is 10.4. The molecular weight excluding hydrogens is 569 g/mol. The van der Waals surface area contributed by atoms with Crippen molar-refractivity contribution in [3.05, 3.63) is 90.4 Å². The van der Waals surface area contributed by atoms with Gasteiger partial charge in [0.15, 0.2) is 11.5 Å². The van der Waals surface area contributed by atoms with Crippen molar-refractivity contribution >= 4 is 62.9 Å². The Morgan fingerprint density at radius 2 is 1.76 bits per heavy atom. The molecule has 0 saturated carbocycles. The van der Waals surface area contributed by atoms with Crippen molar-refractivity contribution in [1.82, 2.24) is 5.32 Å². The topological polar surface area (TPSA) is 85.7 Å². The van der Waals surface area contributed by atoms with E-state index in [-0.39, 0.29) is 18.1 Å². The van der Waals surface area contributed by atoms with Crippen LogP contribution in [0.4, 0.5) is 11.4 Å². The van der Waals surface area contributed by atoms with Gasteiger partial charge in [0.05, 0.1) is 27.2 Å². The molecule has 0 aliphatic rings. The van der Waals surface area contributed by atoms with Gasteiger partial charge in [0, 0.05) is 36.8 Å². The third-order valence-electron chi connectivity index (χ3n) is 4.70. The van der Waals surface area contributed by atoms with Gasteiger partial charge in [0.2, 0.25) is 0 Å². The summed E-state index contributed by atoms with van der Waals surface area (Å²) < 4.78 is 12.3. The molecule has 0 amide bonds. The zero-order valence-corrected chi connectivity index (χ0v) is 22.1. The molecule has 0 aromatic heterocycles. The van der Waals surface area contributed by atoms with E-state index in [0.717, 1.165) is 15.6 Å². The van der Waals surface area contributed by atoms with Crippen LogP contribution in [0.15, 0.2) is 59.1 Å². The molecule has 0 fully saturated rings. The van der Waals surface area contributed by atoms with Gasteiger partial charge < -0.3 is 20.1 Å². The Kier molecular flexibility index (Phi) is 11.2. The van der Waals surface area contributed by atoms with Crippen LogP contribution >= 0.6 is 51.5 Å². The molecule has 0 atom stereocenters. The molecule has 3 aromatic rings. The van der Waals surface area contributed by atoms with Crippen LogP contribution in [0.3, 0.4) is 0 Å². The Hall–Kier alpha value is -2.23. The van der Waals surface area contributed by atoms with Crippen LogP contribution in [0.5, 0.6) is 11.5 Å². The number of rotatable bonds is 11. The minimum atomic E-state index is -0.475.